The molecule has 4 atom stereocenters. The lowest BCUT2D eigenvalue weighted by atomic mass is 10.0. The highest BCUT2D eigenvalue weighted by molar-refractivity contribution is 8.00. The van der Waals surface area contributed by atoms with E-state index in [1.807, 2.05) is 11.8 Å². The first-order chi connectivity index (χ1) is 12.6. The van der Waals surface area contributed by atoms with Gasteiger partial charge in [0.1, 0.15) is 6.61 Å². The average molecular weight is 405 g/mol. The fourth-order valence-corrected chi connectivity index (χ4v) is 5.13. The van der Waals surface area contributed by atoms with Gasteiger partial charge in [-0.1, -0.05) is 19.3 Å². The standard InChI is InChI=1S/C16H28N3O5PS/c20-14(17-9-5-1-2-6-10-24-25(22)23)8-4-3-7-13-15-12(11-26-13)18-16(21)19-15/h12-13,15H,1-11H2,(H,17,20)(H2,18,19,21)/t12-,13-,15-/m0/s1. The highest BCUT2D eigenvalue weighted by Gasteiger charge is 2.42. The molecule has 0 radical (unpaired) electrons. The van der Waals surface area contributed by atoms with Crippen LogP contribution in [-0.4, -0.2) is 48.2 Å². The van der Waals surface area contributed by atoms with Crippen LogP contribution in [0.3, 0.4) is 0 Å². The van der Waals surface area contributed by atoms with E-state index >= 15 is 0 Å². The lowest BCUT2D eigenvalue weighted by molar-refractivity contribution is -0.185. The van der Waals surface area contributed by atoms with Crippen LogP contribution in [0, 0.1) is 0 Å². The molecule has 0 aliphatic carbocycles. The lowest BCUT2D eigenvalue weighted by Gasteiger charge is -2.16. The zero-order valence-corrected chi connectivity index (χ0v) is 16.6. The van der Waals surface area contributed by atoms with Gasteiger partial charge in [0.25, 0.3) is 0 Å². The molecule has 2 saturated heterocycles. The monoisotopic (exact) mass is 405 g/mol. The Bertz CT molecular complexity index is 497. The number of nitrogens with one attached hydrogen (secondary N) is 3. The van der Waals surface area contributed by atoms with Crippen molar-refractivity contribution >= 4 is 32.0 Å². The Balaban J connectivity index is 1.40. The first-order valence-corrected chi connectivity index (χ1v) is 11.4. The smallest absolute Gasteiger partial charge is 0.488 e. The molecule has 2 rings (SSSR count). The van der Waals surface area contributed by atoms with Gasteiger partial charge >= 0.3 is 14.3 Å². The van der Waals surface area contributed by atoms with Crippen molar-refractivity contribution in [3.05, 3.63) is 0 Å². The fourth-order valence-electron chi connectivity index (χ4n) is 3.31. The molecule has 0 aromatic carbocycles. The van der Waals surface area contributed by atoms with Gasteiger partial charge in [0, 0.05) is 24.0 Å². The molecule has 8 nitrogen and oxygen atoms in total. The van der Waals surface area contributed by atoms with E-state index in [0.29, 0.717) is 24.6 Å². The number of unbranched alkanes of at least 4 members (excludes halogenated alkanes) is 4. The van der Waals surface area contributed by atoms with Crippen molar-refractivity contribution < 1.29 is 23.6 Å². The van der Waals surface area contributed by atoms with Gasteiger partial charge in [-0.25, -0.2) is 4.79 Å². The highest BCUT2D eigenvalue weighted by atomic mass is 32.2. The predicted molar refractivity (Wildman–Crippen MR) is 99.0 cm³/mol. The lowest BCUT2D eigenvalue weighted by Crippen LogP contribution is -2.36. The average Bonchev–Trinajstić information content (AvgIpc) is 3.13. The van der Waals surface area contributed by atoms with Crippen LogP contribution in [0.15, 0.2) is 0 Å². The summed E-state index contributed by atoms with van der Waals surface area (Å²) in [5.74, 6) is 1.06. The maximum absolute atomic E-state index is 11.8. The second kappa shape index (κ2) is 11.7. The normalized spacial score (nSPS) is 24.7. The summed E-state index contributed by atoms with van der Waals surface area (Å²) in [4.78, 5) is 33.3. The summed E-state index contributed by atoms with van der Waals surface area (Å²) in [6.07, 6.45) is 6.88. The largest absolute Gasteiger partial charge is 0.566 e. The Morgan fingerprint density at radius 2 is 2.04 bits per heavy atom. The highest BCUT2D eigenvalue weighted by Crippen LogP contribution is 2.33. The molecule has 2 aliphatic rings. The maximum Gasteiger partial charge on any atom is 0.488 e. The molecule has 0 bridgehead atoms. The first-order valence-electron chi connectivity index (χ1n) is 9.29. The van der Waals surface area contributed by atoms with Crippen molar-refractivity contribution in [1.82, 2.24) is 16.0 Å². The summed E-state index contributed by atoms with van der Waals surface area (Å²) >= 11 is 1.90. The Hall–Kier alpha value is -0.890. The molecule has 2 aliphatic heterocycles. The van der Waals surface area contributed by atoms with Gasteiger partial charge in [0.2, 0.25) is 5.91 Å². The summed E-state index contributed by atoms with van der Waals surface area (Å²) in [5, 5.41) is 9.29. The summed E-state index contributed by atoms with van der Waals surface area (Å²) in [7, 11) is -2.73. The van der Waals surface area contributed by atoms with Crippen molar-refractivity contribution in [2.24, 2.45) is 0 Å². The fraction of sp³-hybridized carbons (Fsp3) is 0.875. The van der Waals surface area contributed by atoms with Crippen molar-refractivity contribution in [2.75, 3.05) is 18.9 Å². The van der Waals surface area contributed by atoms with E-state index in [9.17, 15) is 19.0 Å². The van der Waals surface area contributed by atoms with E-state index in [4.69, 9.17) is 0 Å². The summed E-state index contributed by atoms with van der Waals surface area (Å²) in [6, 6.07) is 0.439. The molecule has 0 aromatic rings. The zero-order valence-electron chi connectivity index (χ0n) is 14.9. The Labute approximate surface area is 159 Å². The third kappa shape index (κ3) is 7.78. The van der Waals surface area contributed by atoms with Crippen molar-refractivity contribution in [3.63, 3.8) is 0 Å². The number of rotatable bonds is 13. The number of hydrogen-bond donors (Lipinski definition) is 3. The molecular formula is C16H28N3O5PS. The van der Waals surface area contributed by atoms with E-state index in [-0.39, 0.29) is 30.6 Å². The van der Waals surface area contributed by atoms with Crippen molar-refractivity contribution in [1.29, 1.82) is 0 Å². The number of hydrogen-bond acceptors (Lipinski definition) is 6. The SMILES string of the molecule is O=C(CCCC[C@@H]1SC[C@@H]2NC(=O)N[C@@H]21)NCCCCCCO[P+](=O)[O-]. The first kappa shape index (κ1) is 21.4. The van der Waals surface area contributed by atoms with Crippen LogP contribution in [0.5, 0.6) is 0 Å². The Morgan fingerprint density at radius 1 is 1.23 bits per heavy atom. The molecule has 3 N–H and O–H groups in total. The van der Waals surface area contributed by atoms with Gasteiger partial charge in [0.15, 0.2) is 0 Å². The minimum absolute atomic E-state index is 0.0573. The van der Waals surface area contributed by atoms with Gasteiger partial charge in [-0.15, -0.1) is 4.52 Å². The van der Waals surface area contributed by atoms with Crippen LogP contribution in [0.1, 0.15) is 51.4 Å². The van der Waals surface area contributed by atoms with Crippen LogP contribution in [0.2, 0.25) is 0 Å². The molecule has 2 fully saturated rings. The number of urea groups is 1. The molecule has 0 spiro atoms. The molecule has 10 heteroatoms. The zero-order chi connectivity index (χ0) is 18.8. The molecule has 148 valence electrons. The minimum Gasteiger partial charge on any atom is -0.566 e. The van der Waals surface area contributed by atoms with Crippen LogP contribution in [0.4, 0.5) is 4.79 Å². The second-order valence-electron chi connectivity index (χ2n) is 6.69. The van der Waals surface area contributed by atoms with Crippen molar-refractivity contribution in [2.45, 2.75) is 68.7 Å². The van der Waals surface area contributed by atoms with Crippen LogP contribution in [-0.2, 0) is 13.9 Å². The molecule has 2 heterocycles. The quantitative estimate of drug-likeness (QED) is 0.242. The van der Waals surface area contributed by atoms with E-state index in [2.05, 4.69) is 20.5 Å². The molecule has 0 aromatic heterocycles. The van der Waals surface area contributed by atoms with Crippen molar-refractivity contribution in [3.8, 4) is 0 Å². The van der Waals surface area contributed by atoms with Crippen LogP contribution in [0.25, 0.3) is 0 Å². The van der Waals surface area contributed by atoms with Gasteiger partial charge in [-0.3, -0.25) is 4.79 Å². The number of carbonyl (C=O) groups is 2. The van der Waals surface area contributed by atoms with Crippen LogP contribution < -0.4 is 20.8 Å². The third-order valence-corrected chi connectivity index (χ3v) is 6.57. The maximum atomic E-state index is 11.8. The third-order valence-electron chi connectivity index (χ3n) is 4.67. The molecule has 3 amide bonds. The van der Waals surface area contributed by atoms with E-state index in [1.165, 1.54) is 0 Å². The van der Waals surface area contributed by atoms with Gasteiger partial charge < -0.3 is 20.8 Å². The van der Waals surface area contributed by atoms with E-state index < -0.39 is 8.25 Å². The number of carbonyl (C=O) groups excluding carboxylic acids is 2. The number of thioether (sulfide) groups is 1. The van der Waals surface area contributed by atoms with Gasteiger partial charge in [-0.05, 0) is 30.2 Å². The predicted octanol–water partition coefficient (Wildman–Crippen LogP) is 1.42. The summed E-state index contributed by atoms with van der Waals surface area (Å²) in [5.41, 5.74) is 0. The number of amides is 3. The Kier molecular flexibility index (Phi) is 9.67. The molecule has 26 heavy (non-hydrogen) atoms. The van der Waals surface area contributed by atoms with Crippen LogP contribution >= 0.6 is 20.0 Å². The van der Waals surface area contributed by atoms with E-state index in [1.54, 1.807) is 0 Å². The molecule has 1 unspecified atom stereocenters. The second-order valence-corrected chi connectivity index (χ2v) is 8.67. The summed E-state index contributed by atoms with van der Waals surface area (Å²) in [6.45, 7) is 0.904. The summed E-state index contributed by atoms with van der Waals surface area (Å²) < 4.78 is 14.7. The van der Waals surface area contributed by atoms with Gasteiger partial charge in [-0.2, -0.15) is 11.8 Å². The molecular weight excluding hydrogens is 377 g/mol. The van der Waals surface area contributed by atoms with Gasteiger partial charge in [0.05, 0.1) is 12.1 Å². The Morgan fingerprint density at radius 3 is 2.85 bits per heavy atom. The molecule has 0 saturated carbocycles. The topological polar surface area (TPSA) is 120 Å². The van der Waals surface area contributed by atoms with E-state index in [0.717, 1.165) is 44.3 Å². The minimum atomic E-state index is -2.73. The number of fused-ring (bicyclic) bond motifs is 1.